The fraction of sp³-hybridized carbons (Fsp3) is 0. The van der Waals surface area contributed by atoms with E-state index in [0.717, 1.165) is 65.7 Å². The van der Waals surface area contributed by atoms with Crippen LogP contribution in [0, 0.1) is 0 Å². The Labute approximate surface area is 304 Å². The van der Waals surface area contributed by atoms with Crippen molar-refractivity contribution in [3.63, 3.8) is 0 Å². The van der Waals surface area contributed by atoms with Gasteiger partial charge in [-0.25, -0.2) is 15.0 Å². The molecule has 0 fully saturated rings. The molecule has 4 nitrogen and oxygen atoms in total. The van der Waals surface area contributed by atoms with E-state index >= 15 is 0 Å². The first-order valence-electron chi connectivity index (χ1n) is 17.9. The normalized spacial score (nSPS) is 11.8. The molecule has 9 aromatic carbocycles. The van der Waals surface area contributed by atoms with Gasteiger partial charge in [-0.1, -0.05) is 152 Å². The molecule has 0 N–H and O–H groups in total. The van der Waals surface area contributed by atoms with E-state index in [1.54, 1.807) is 0 Å². The first-order chi connectivity index (χ1) is 26.3. The Morgan fingerprint density at radius 3 is 1.68 bits per heavy atom. The number of nitrogens with zero attached hydrogens (tertiary/aromatic N) is 3. The average molecular weight is 676 g/mol. The van der Waals surface area contributed by atoms with E-state index in [1.807, 2.05) is 18.2 Å². The zero-order valence-corrected chi connectivity index (χ0v) is 28.5. The van der Waals surface area contributed by atoms with Crippen LogP contribution in [0.3, 0.4) is 0 Å². The van der Waals surface area contributed by atoms with E-state index in [4.69, 9.17) is 19.4 Å². The second-order valence-electron chi connectivity index (χ2n) is 13.5. The van der Waals surface area contributed by atoms with Gasteiger partial charge in [0, 0.05) is 32.8 Å². The maximum absolute atomic E-state index is 6.75. The fourth-order valence-electron chi connectivity index (χ4n) is 8.00. The van der Waals surface area contributed by atoms with E-state index in [1.165, 1.54) is 27.1 Å². The lowest BCUT2D eigenvalue weighted by Gasteiger charge is -2.13. The molecule has 0 unspecified atom stereocenters. The Hall–Kier alpha value is -7.17. The molecule has 53 heavy (non-hydrogen) atoms. The highest BCUT2D eigenvalue weighted by molar-refractivity contribution is 6.19. The summed E-state index contributed by atoms with van der Waals surface area (Å²) in [5, 5.41) is 11.2. The van der Waals surface area contributed by atoms with Gasteiger partial charge < -0.3 is 4.42 Å². The van der Waals surface area contributed by atoms with Gasteiger partial charge in [0.1, 0.15) is 11.2 Å². The van der Waals surface area contributed by atoms with Gasteiger partial charge in [0.2, 0.25) is 0 Å². The van der Waals surface area contributed by atoms with Gasteiger partial charge in [-0.15, -0.1) is 0 Å². The molecule has 246 valence electrons. The molecule has 2 heterocycles. The predicted octanol–water partition coefficient (Wildman–Crippen LogP) is 13.1. The highest BCUT2D eigenvalue weighted by Crippen LogP contribution is 2.42. The Kier molecular flexibility index (Phi) is 6.52. The van der Waals surface area contributed by atoms with E-state index in [2.05, 4.69) is 158 Å². The summed E-state index contributed by atoms with van der Waals surface area (Å²) in [5.41, 5.74) is 6.84. The fourth-order valence-corrected chi connectivity index (χ4v) is 8.00. The topological polar surface area (TPSA) is 51.8 Å². The van der Waals surface area contributed by atoms with Crippen LogP contribution in [0.4, 0.5) is 0 Å². The van der Waals surface area contributed by atoms with Crippen LogP contribution in [0.2, 0.25) is 0 Å². The Morgan fingerprint density at radius 1 is 0.302 bits per heavy atom. The molecule has 0 radical (unpaired) electrons. The van der Waals surface area contributed by atoms with E-state index in [0.29, 0.717) is 17.5 Å². The summed E-state index contributed by atoms with van der Waals surface area (Å²) >= 11 is 0. The quantitative estimate of drug-likeness (QED) is 0.174. The number of aromatic nitrogens is 3. The minimum absolute atomic E-state index is 0.617. The predicted molar refractivity (Wildman–Crippen MR) is 219 cm³/mol. The molecule has 0 atom stereocenters. The number of rotatable bonds is 4. The molecule has 0 saturated heterocycles. The van der Waals surface area contributed by atoms with Crippen molar-refractivity contribution in [2.45, 2.75) is 0 Å². The molecule has 0 aliphatic carbocycles. The van der Waals surface area contributed by atoms with Crippen molar-refractivity contribution in [3.8, 4) is 45.3 Å². The van der Waals surface area contributed by atoms with Gasteiger partial charge in [-0.2, -0.15) is 0 Å². The Bertz CT molecular complexity index is 3230. The molecule has 0 saturated carbocycles. The highest BCUT2D eigenvalue weighted by atomic mass is 16.3. The van der Waals surface area contributed by atoms with Gasteiger partial charge in [-0.05, 0) is 73.1 Å². The van der Waals surface area contributed by atoms with Gasteiger partial charge in [0.05, 0.1) is 0 Å². The molecule has 11 aromatic rings. The highest BCUT2D eigenvalue weighted by Gasteiger charge is 2.20. The maximum atomic E-state index is 6.75. The van der Waals surface area contributed by atoms with Crippen molar-refractivity contribution in [3.05, 3.63) is 176 Å². The first-order valence-corrected chi connectivity index (χ1v) is 17.9. The summed E-state index contributed by atoms with van der Waals surface area (Å²) < 4.78 is 6.75. The molecule has 0 bridgehead atoms. The van der Waals surface area contributed by atoms with E-state index in [9.17, 15) is 0 Å². The molecule has 11 rings (SSSR count). The second kappa shape index (κ2) is 11.7. The zero-order valence-electron chi connectivity index (χ0n) is 28.5. The van der Waals surface area contributed by atoms with Crippen LogP contribution in [0.1, 0.15) is 0 Å². The monoisotopic (exact) mass is 675 g/mol. The third-order valence-corrected chi connectivity index (χ3v) is 10.5. The minimum atomic E-state index is 0.617. The molecule has 0 amide bonds. The molecule has 2 aromatic heterocycles. The van der Waals surface area contributed by atoms with Crippen LogP contribution in [0.15, 0.2) is 180 Å². The lowest BCUT2D eigenvalue weighted by atomic mass is 9.96. The maximum Gasteiger partial charge on any atom is 0.164 e. The van der Waals surface area contributed by atoms with Crippen molar-refractivity contribution >= 4 is 65.0 Å². The number of hydrogen-bond acceptors (Lipinski definition) is 4. The summed E-state index contributed by atoms with van der Waals surface area (Å²) in [6, 6.07) is 61.5. The Morgan fingerprint density at radius 2 is 0.887 bits per heavy atom. The molecule has 0 aliphatic heterocycles. The summed E-state index contributed by atoms with van der Waals surface area (Å²) in [6.07, 6.45) is 0. The summed E-state index contributed by atoms with van der Waals surface area (Å²) in [6.45, 7) is 0. The summed E-state index contributed by atoms with van der Waals surface area (Å²) in [5.74, 6) is 1.88. The van der Waals surface area contributed by atoms with Crippen molar-refractivity contribution in [2.24, 2.45) is 0 Å². The smallest absolute Gasteiger partial charge is 0.164 e. The zero-order chi connectivity index (χ0) is 34.9. The van der Waals surface area contributed by atoms with Gasteiger partial charge in [-0.3, -0.25) is 0 Å². The van der Waals surface area contributed by atoms with Crippen molar-refractivity contribution in [1.82, 2.24) is 15.0 Å². The molecular weight excluding hydrogens is 647 g/mol. The number of benzene rings is 9. The van der Waals surface area contributed by atoms with Crippen molar-refractivity contribution in [1.29, 1.82) is 0 Å². The second-order valence-corrected chi connectivity index (χ2v) is 13.5. The first kappa shape index (κ1) is 29.5. The standard InChI is InChI=1S/C49H29N3O/c1-2-14-31(15-3-1)47-50-48(43-27-32-16-5-7-19-36(32)37-20-8-9-21-38(37)43)52-49(51-47)44-29-42-40-26-25-33(35-24-12-17-30-13-4-6-18-34(30)35)28-45(40)53-46(42)41-23-11-10-22-39(41)44/h1-29H. The minimum Gasteiger partial charge on any atom is -0.455 e. The van der Waals surface area contributed by atoms with Gasteiger partial charge in [0.25, 0.3) is 0 Å². The average Bonchev–Trinajstić information content (AvgIpc) is 3.61. The van der Waals surface area contributed by atoms with Crippen molar-refractivity contribution < 1.29 is 4.42 Å². The van der Waals surface area contributed by atoms with E-state index in [-0.39, 0.29) is 0 Å². The van der Waals surface area contributed by atoms with Crippen LogP contribution >= 0.6 is 0 Å². The number of hydrogen-bond donors (Lipinski definition) is 0. The van der Waals surface area contributed by atoms with Crippen LogP contribution in [-0.2, 0) is 0 Å². The number of furan rings is 1. The van der Waals surface area contributed by atoms with Crippen molar-refractivity contribution in [2.75, 3.05) is 0 Å². The van der Waals surface area contributed by atoms with Gasteiger partial charge in [0.15, 0.2) is 17.5 Å². The largest absolute Gasteiger partial charge is 0.455 e. The third-order valence-electron chi connectivity index (χ3n) is 10.5. The van der Waals surface area contributed by atoms with E-state index < -0.39 is 0 Å². The lowest BCUT2D eigenvalue weighted by molar-refractivity contribution is 0.673. The lowest BCUT2D eigenvalue weighted by Crippen LogP contribution is -2.01. The molecule has 0 aliphatic rings. The molecule has 4 heteroatoms. The SMILES string of the molecule is c1ccc(-c2nc(-c3cc4ccccc4c4ccccc34)nc(-c3cc4c5ccc(-c6cccc7ccccc67)cc5oc4c4ccccc34)n2)cc1. The number of fused-ring (bicyclic) bond motifs is 9. The van der Waals surface area contributed by atoms with Crippen LogP contribution in [0.25, 0.3) is 110 Å². The van der Waals surface area contributed by atoms with Crippen LogP contribution in [0.5, 0.6) is 0 Å². The summed E-state index contributed by atoms with van der Waals surface area (Å²) in [7, 11) is 0. The summed E-state index contributed by atoms with van der Waals surface area (Å²) in [4.78, 5) is 15.7. The Balaban J connectivity index is 1.17. The van der Waals surface area contributed by atoms with Gasteiger partial charge >= 0.3 is 0 Å². The van der Waals surface area contributed by atoms with Crippen LogP contribution < -0.4 is 0 Å². The molecule has 0 spiro atoms. The molecular formula is C49H29N3O. The van der Waals surface area contributed by atoms with Crippen LogP contribution in [-0.4, -0.2) is 15.0 Å². The third kappa shape index (κ3) is 4.73.